The molecule has 0 amide bonds. The van der Waals surface area contributed by atoms with E-state index in [-0.39, 0.29) is 0 Å². The van der Waals surface area contributed by atoms with E-state index >= 15 is 0 Å². The largest absolute Gasteiger partial charge is 0.328 e. The van der Waals surface area contributed by atoms with Gasteiger partial charge in [-0.2, -0.15) is 0 Å². The van der Waals surface area contributed by atoms with Crippen LogP contribution in [0.4, 0.5) is 0 Å². The first-order chi connectivity index (χ1) is 7.66. The number of hydrogen-bond donors (Lipinski definition) is 1. The van der Waals surface area contributed by atoms with E-state index in [1.807, 2.05) is 18.2 Å². The van der Waals surface area contributed by atoms with Gasteiger partial charge in [-0.1, -0.05) is 36.0 Å². The monoisotopic (exact) mass is 257 g/mol. The Balaban J connectivity index is 2.24. The van der Waals surface area contributed by atoms with Gasteiger partial charge in [-0.25, -0.2) is 0 Å². The van der Waals surface area contributed by atoms with Gasteiger partial charge in [0.1, 0.15) is 0 Å². The maximum Gasteiger partial charge on any atom is 0.0441 e. The van der Waals surface area contributed by atoms with Crippen LogP contribution in [0.3, 0.4) is 0 Å². The van der Waals surface area contributed by atoms with Crippen molar-refractivity contribution in [3.05, 3.63) is 33.8 Å². The van der Waals surface area contributed by atoms with E-state index in [1.165, 1.54) is 24.8 Å². The highest BCUT2D eigenvalue weighted by molar-refractivity contribution is 6.33. The van der Waals surface area contributed by atoms with Gasteiger partial charge >= 0.3 is 0 Å². The smallest absolute Gasteiger partial charge is 0.0441 e. The summed E-state index contributed by atoms with van der Waals surface area (Å²) in [5.41, 5.74) is 7.25. The van der Waals surface area contributed by atoms with E-state index in [9.17, 15) is 0 Å². The molecule has 0 spiro atoms. The lowest BCUT2D eigenvalue weighted by Crippen LogP contribution is -2.20. The highest BCUT2D eigenvalue weighted by Crippen LogP contribution is 2.36. The molecule has 1 aromatic carbocycles. The molecular formula is C13H17Cl2N. The predicted molar refractivity (Wildman–Crippen MR) is 70.3 cm³/mol. The lowest BCUT2D eigenvalue weighted by Gasteiger charge is -2.19. The number of rotatable bonds is 1. The zero-order valence-electron chi connectivity index (χ0n) is 9.26. The minimum atomic E-state index is 0.308. The Morgan fingerprint density at radius 2 is 1.88 bits per heavy atom. The maximum atomic E-state index is 6.23. The molecule has 88 valence electrons. The average Bonchev–Trinajstić information content (AvgIpc) is 2.46. The van der Waals surface area contributed by atoms with Gasteiger partial charge in [-0.05, 0) is 48.9 Å². The second-order valence-corrected chi connectivity index (χ2v) is 5.49. The molecule has 2 rings (SSSR count). The molecule has 0 radical (unpaired) electrons. The standard InChI is InChI=1S/C13H17Cl2N/c14-10-5-6-13(15)12(8-10)9-3-1-2-4-11(16)7-9/h5-6,8-9,11H,1-4,7,16H2. The molecule has 0 heterocycles. The molecule has 1 fully saturated rings. The molecule has 3 heteroatoms. The van der Waals surface area contributed by atoms with Gasteiger partial charge in [0.15, 0.2) is 0 Å². The lowest BCUT2D eigenvalue weighted by molar-refractivity contribution is 0.535. The molecule has 1 nitrogen and oxygen atoms in total. The van der Waals surface area contributed by atoms with E-state index in [4.69, 9.17) is 28.9 Å². The maximum absolute atomic E-state index is 6.23. The second kappa shape index (κ2) is 5.39. The number of benzene rings is 1. The van der Waals surface area contributed by atoms with Crippen LogP contribution in [0.15, 0.2) is 18.2 Å². The molecular weight excluding hydrogens is 241 g/mol. The fourth-order valence-electron chi connectivity index (χ4n) is 2.51. The molecule has 1 saturated carbocycles. The Labute approximate surface area is 107 Å². The molecule has 0 bridgehead atoms. The fourth-order valence-corrected chi connectivity index (χ4v) is 2.96. The van der Waals surface area contributed by atoms with Gasteiger partial charge in [0, 0.05) is 16.1 Å². The summed E-state index contributed by atoms with van der Waals surface area (Å²) in [6.07, 6.45) is 5.81. The van der Waals surface area contributed by atoms with Crippen molar-refractivity contribution in [2.45, 2.75) is 44.1 Å². The van der Waals surface area contributed by atoms with Crippen molar-refractivity contribution in [1.29, 1.82) is 0 Å². The van der Waals surface area contributed by atoms with Crippen LogP contribution in [0.25, 0.3) is 0 Å². The summed E-state index contributed by atoms with van der Waals surface area (Å²) in [4.78, 5) is 0. The summed E-state index contributed by atoms with van der Waals surface area (Å²) in [6, 6.07) is 6.02. The molecule has 1 aliphatic rings. The minimum absolute atomic E-state index is 0.308. The first-order valence-corrected chi connectivity index (χ1v) is 6.63. The van der Waals surface area contributed by atoms with Crippen molar-refractivity contribution < 1.29 is 0 Å². The molecule has 1 aliphatic carbocycles. The van der Waals surface area contributed by atoms with Gasteiger partial charge in [0.25, 0.3) is 0 Å². The Kier molecular flexibility index (Phi) is 4.12. The summed E-state index contributed by atoms with van der Waals surface area (Å²) < 4.78 is 0. The molecule has 2 unspecified atom stereocenters. The van der Waals surface area contributed by atoms with Crippen LogP contribution in [-0.4, -0.2) is 6.04 Å². The Morgan fingerprint density at radius 3 is 2.69 bits per heavy atom. The van der Waals surface area contributed by atoms with Gasteiger partial charge in [0.05, 0.1) is 0 Å². The van der Waals surface area contributed by atoms with Crippen molar-refractivity contribution in [3.63, 3.8) is 0 Å². The molecule has 16 heavy (non-hydrogen) atoms. The van der Waals surface area contributed by atoms with Crippen molar-refractivity contribution >= 4 is 23.2 Å². The van der Waals surface area contributed by atoms with Crippen molar-refractivity contribution in [2.75, 3.05) is 0 Å². The summed E-state index contributed by atoms with van der Waals surface area (Å²) >= 11 is 12.3. The van der Waals surface area contributed by atoms with Gasteiger partial charge in [0.2, 0.25) is 0 Å². The minimum Gasteiger partial charge on any atom is -0.328 e. The molecule has 2 N–H and O–H groups in total. The van der Waals surface area contributed by atoms with E-state index in [1.54, 1.807) is 0 Å². The fraction of sp³-hybridized carbons (Fsp3) is 0.538. The SMILES string of the molecule is NC1CCCCC(c2cc(Cl)ccc2Cl)C1. The average molecular weight is 258 g/mol. The van der Waals surface area contributed by atoms with E-state index in [0.29, 0.717) is 12.0 Å². The van der Waals surface area contributed by atoms with Crippen LogP contribution in [0, 0.1) is 0 Å². The predicted octanol–water partition coefficient (Wildman–Crippen LogP) is 4.37. The van der Waals surface area contributed by atoms with Gasteiger partial charge in [-0.15, -0.1) is 0 Å². The van der Waals surface area contributed by atoms with Crippen LogP contribution in [-0.2, 0) is 0 Å². The highest BCUT2D eigenvalue weighted by atomic mass is 35.5. The van der Waals surface area contributed by atoms with Gasteiger partial charge < -0.3 is 5.73 Å². The van der Waals surface area contributed by atoms with Crippen molar-refractivity contribution in [1.82, 2.24) is 0 Å². The Morgan fingerprint density at radius 1 is 1.12 bits per heavy atom. The third-order valence-electron chi connectivity index (χ3n) is 3.36. The van der Waals surface area contributed by atoms with Crippen LogP contribution in [0.1, 0.15) is 43.6 Å². The molecule has 0 aromatic heterocycles. The van der Waals surface area contributed by atoms with E-state index in [2.05, 4.69) is 0 Å². The van der Waals surface area contributed by atoms with E-state index in [0.717, 1.165) is 22.9 Å². The molecule has 2 atom stereocenters. The summed E-state index contributed by atoms with van der Waals surface area (Å²) in [6.45, 7) is 0. The third kappa shape index (κ3) is 2.91. The summed E-state index contributed by atoms with van der Waals surface area (Å²) in [5, 5.41) is 1.58. The second-order valence-electron chi connectivity index (χ2n) is 4.64. The zero-order chi connectivity index (χ0) is 11.5. The van der Waals surface area contributed by atoms with Crippen molar-refractivity contribution in [2.24, 2.45) is 5.73 Å². The Hall–Kier alpha value is -0.240. The number of halogens is 2. The first kappa shape index (κ1) is 12.2. The quantitative estimate of drug-likeness (QED) is 0.744. The van der Waals surface area contributed by atoms with Crippen LogP contribution < -0.4 is 5.73 Å². The van der Waals surface area contributed by atoms with E-state index < -0.39 is 0 Å². The molecule has 0 aliphatic heterocycles. The topological polar surface area (TPSA) is 26.0 Å². The molecule has 0 saturated heterocycles. The normalized spacial score (nSPS) is 26.4. The Bertz CT molecular complexity index is 365. The number of nitrogens with two attached hydrogens (primary N) is 1. The highest BCUT2D eigenvalue weighted by Gasteiger charge is 2.21. The van der Waals surface area contributed by atoms with Crippen molar-refractivity contribution in [3.8, 4) is 0 Å². The first-order valence-electron chi connectivity index (χ1n) is 5.87. The van der Waals surface area contributed by atoms with Crippen LogP contribution in [0.2, 0.25) is 10.0 Å². The third-order valence-corrected chi connectivity index (χ3v) is 3.94. The van der Waals surface area contributed by atoms with Crippen LogP contribution in [0.5, 0.6) is 0 Å². The van der Waals surface area contributed by atoms with Crippen LogP contribution >= 0.6 is 23.2 Å². The lowest BCUT2D eigenvalue weighted by atomic mass is 9.90. The summed E-state index contributed by atoms with van der Waals surface area (Å²) in [5.74, 6) is 0.476. The van der Waals surface area contributed by atoms with Gasteiger partial charge in [-0.3, -0.25) is 0 Å². The molecule has 1 aromatic rings. The zero-order valence-corrected chi connectivity index (χ0v) is 10.8. The number of hydrogen-bond acceptors (Lipinski definition) is 1. The summed E-state index contributed by atoms with van der Waals surface area (Å²) in [7, 11) is 0.